The minimum absolute atomic E-state index is 0.0627. The van der Waals surface area contributed by atoms with E-state index >= 15 is 0 Å². The van der Waals surface area contributed by atoms with Gasteiger partial charge in [-0.25, -0.2) is 4.98 Å². The van der Waals surface area contributed by atoms with Crippen LogP contribution in [0.3, 0.4) is 0 Å². The number of amides is 1. The lowest BCUT2D eigenvalue weighted by molar-refractivity contribution is -0.116. The first-order valence-electron chi connectivity index (χ1n) is 9.05. The molecule has 1 saturated heterocycles. The summed E-state index contributed by atoms with van der Waals surface area (Å²) in [6, 6.07) is 13.4. The van der Waals surface area contributed by atoms with E-state index in [1.165, 1.54) is 0 Å². The molecule has 1 aliphatic rings. The molecule has 0 radical (unpaired) electrons. The van der Waals surface area contributed by atoms with E-state index in [1.807, 2.05) is 42.5 Å². The van der Waals surface area contributed by atoms with Gasteiger partial charge in [0.25, 0.3) is 0 Å². The van der Waals surface area contributed by atoms with Crippen LogP contribution >= 0.6 is 11.6 Å². The molecular formula is C20H21ClN4O2. The maximum Gasteiger partial charge on any atom is 0.224 e. The minimum Gasteiger partial charge on any atom is -0.378 e. The van der Waals surface area contributed by atoms with E-state index < -0.39 is 0 Å². The monoisotopic (exact) mass is 384 g/mol. The van der Waals surface area contributed by atoms with Crippen LogP contribution in [-0.4, -0.2) is 42.2 Å². The van der Waals surface area contributed by atoms with Crippen LogP contribution in [0.1, 0.15) is 12.2 Å². The highest BCUT2D eigenvalue weighted by Gasteiger charge is 2.19. The van der Waals surface area contributed by atoms with Gasteiger partial charge in [0.15, 0.2) is 0 Å². The topological polar surface area (TPSA) is 70.2 Å². The Morgan fingerprint density at radius 2 is 2.00 bits per heavy atom. The van der Waals surface area contributed by atoms with Crippen molar-refractivity contribution in [2.24, 2.45) is 0 Å². The zero-order chi connectivity index (χ0) is 18.6. The number of aromatic nitrogens is 2. The molecule has 27 heavy (non-hydrogen) atoms. The summed E-state index contributed by atoms with van der Waals surface area (Å²) in [6.45, 7) is 2.83. The molecule has 1 amide bonds. The van der Waals surface area contributed by atoms with E-state index in [1.54, 1.807) is 0 Å². The number of imidazole rings is 1. The molecule has 1 aromatic heterocycles. The second kappa shape index (κ2) is 7.98. The SMILES string of the molecule is O=C(CCc1nc2ccccc2[nH]1)Nc1cccc(Cl)c1N1CCOCC1. The van der Waals surface area contributed by atoms with Crippen LogP contribution in [0.4, 0.5) is 11.4 Å². The van der Waals surface area contributed by atoms with Crippen molar-refractivity contribution < 1.29 is 9.53 Å². The number of aromatic amines is 1. The molecular weight excluding hydrogens is 364 g/mol. The van der Waals surface area contributed by atoms with Crippen molar-refractivity contribution in [3.63, 3.8) is 0 Å². The number of para-hydroxylation sites is 3. The fourth-order valence-electron chi connectivity index (χ4n) is 3.29. The summed E-state index contributed by atoms with van der Waals surface area (Å²) in [4.78, 5) is 22.4. The summed E-state index contributed by atoms with van der Waals surface area (Å²) in [5, 5.41) is 3.64. The Bertz CT molecular complexity index is 917. The van der Waals surface area contributed by atoms with Crippen molar-refractivity contribution in [3.8, 4) is 0 Å². The number of ether oxygens (including phenoxy) is 1. The number of benzene rings is 2. The Hall–Kier alpha value is -2.57. The molecule has 0 unspecified atom stereocenters. The number of H-pyrrole nitrogens is 1. The van der Waals surface area contributed by atoms with Gasteiger partial charge in [-0.3, -0.25) is 4.79 Å². The van der Waals surface area contributed by atoms with E-state index in [-0.39, 0.29) is 5.91 Å². The fourth-order valence-corrected chi connectivity index (χ4v) is 3.59. The molecule has 0 saturated carbocycles. The minimum atomic E-state index is -0.0627. The molecule has 0 aliphatic carbocycles. The number of carbonyl (C=O) groups excluding carboxylic acids is 1. The van der Waals surface area contributed by atoms with Crippen LogP contribution in [0.15, 0.2) is 42.5 Å². The van der Waals surface area contributed by atoms with E-state index in [9.17, 15) is 4.79 Å². The number of morpholine rings is 1. The van der Waals surface area contributed by atoms with E-state index in [4.69, 9.17) is 16.3 Å². The van der Waals surface area contributed by atoms with E-state index in [0.717, 1.165) is 41.3 Å². The molecule has 2 N–H and O–H groups in total. The summed E-state index contributed by atoms with van der Waals surface area (Å²) in [7, 11) is 0. The second-order valence-corrected chi connectivity index (χ2v) is 6.89. The van der Waals surface area contributed by atoms with Gasteiger partial charge >= 0.3 is 0 Å². The highest BCUT2D eigenvalue weighted by molar-refractivity contribution is 6.34. The Labute approximate surface area is 162 Å². The molecule has 7 heteroatoms. The van der Waals surface area contributed by atoms with Gasteiger partial charge in [0, 0.05) is 25.9 Å². The van der Waals surface area contributed by atoms with Gasteiger partial charge in [-0.05, 0) is 24.3 Å². The predicted molar refractivity (Wildman–Crippen MR) is 108 cm³/mol. The maximum absolute atomic E-state index is 12.5. The highest BCUT2D eigenvalue weighted by Crippen LogP contribution is 2.34. The van der Waals surface area contributed by atoms with Gasteiger partial charge in [0.05, 0.1) is 40.6 Å². The van der Waals surface area contributed by atoms with Crippen molar-refractivity contribution in [1.29, 1.82) is 0 Å². The molecule has 0 bridgehead atoms. The summed E-state index contributed by atoms with van der Waals surface area (Å²) in [5.74, 6) is 0.748. The van der Waals surface area contributed by atoms with Crippen LogP contribution in [0.25, 0.3) is 11.0 Å². The average molecular weight is 385 g/mol. The van der Waals surface area contributed by atoms with Crippen molar-refractivity contribution >= 4 is 39.9 Å². The standard InChI is InChI=1S/C20H21ClN4O2/c21-14-4-3-7-17(20(14)25-10-12-27-13-11-25)24-19(26)9-8-18-22-15-5-1-2-6-16(15)23-18/h1-7H,8-13H2,(H,22,23)(H,24,26). The molecule has 2 heterocycles. The smallest absolute Gasteiger partial charge is 0.224 e. The molecule has 2 aromatic carbocycles. The summed E-state index contributed by atoms with van der Waals surface area (Å²) in [5.41, 5.74) is 3.49. The normalized spacial score (nSPS) is 14.5. The number of aryl methyl sites for hydroxylation is 1. The molecule has 6 nitrogen and oxygen atoms in total. The lowest BCUT2D eigenvalue weighted by atomic mass is 10.2. The zero-order valence-corrected chi connectivity index (χ0v) is 15.6. The quantitative estimate of drug-likeness (QED) is 0.704. The summed E-state index contributed by atoms with van der Waals surface area (Å²) in [6.07, 6.45) is 0.892. The number of nitrogens with one attached hydrogen (secondary N) is 2. The average Bonchev–Trinajstić information content (AvgIpc) is 3.10. The lowest BCUT2D eigenvalue weighted by Crippen LogP contribution is -2.37. The Morgan fingerprint density at radius 3 is 2.81 bits per heavy atom. The van der Waals surface area contributed by atoms with Crippen LogP contribution < -0.4 is 10.2 Å². The van der Waals surface area contributed by atoms with Crippen LogP contribution in [-0.2, 0) is 16.0 Å². The van der Waals surface area contributed by atoms with Gasteiger partial charge in [0.2, 0.25) is 5.91 Å². The van der Waals surface area contributed by atoms with Gasteiger partial charge in [-0.2, -0.15) is 0 Å². The number of fused-ring (bicyclic) bond motifs is 1. The Kier molecular flexibility index (Phi) is 5.27. The van der Waals surface area contributed by atoms with Crippen LogP contribution in [0, 0.1) is 0 Å². The molecule has 1 aliphatic heterocycles. The lowest BCUT2D eigenvalue weighted by Gasteiger charge is -2.31. The first-order valence-corrected chi connectivity index (χ1v) is 9.43. The number of carbonyl (C=O) groups is 1. The van der Waals surface area contributed by atoms with Crippen molar-refractivity contribution in [1.82, 2.24) is 9.97 Å². The summed E-state index contributed by atoms with van der Waals surface area (Å²) < 4.78 is 5.41. The van der Waals surface area contributed by atoms with Crippen molar-refractivity contribution in [2.45, 2.75) is 12.8 Å². The number of hydrogen-bond acceptors (Lipinski definition) is 4. The summed E-state index contributed by atoms with van der Waals surface area (Å²) >= 11 is 6.42. The first kappa shape index (κ1) is 17.8. The number of nitrogens with zero attached hydrogens (tertiary/aromatic N) is 2. The molecule has 0 spiro atoms. The predicted octanol–water partition coefficient (Wildman–Crippen LogP) is 3.62. The van der Waals surface area contributed by atoms with Crippen molar-refractivity contribution in [3.05, 3.63) is 53.3 Å². The second-order valence-electron chi connectivity index (χ2n) is 6.48. The van der Waals surface area contributed by atoms with E-state index in [0.29, 0.717) is 31.1 Å². The van der Waals surface area contributed by atoms with E-state index in [2.05, 4.69) is 20.2 Å². The van der Waals surface area contributed by atoms with Crippen molar-refractivity contribution in [2.75, 3.05) is 36.5 Å². The Balaban J connectivity index is 1.44. The third-order valence-electron chi connectivity index (χ3n) is 4.62. The number of halogens is 1. The molecule has 4 rings (SSSR count). The molecule has 140 valence electrons. The van der Waals surface area contributed by atoms with Gasteiger partial charge in [0.1, 0.15) is 5.82 Å². The molecule has 1 fully saturated rings. The largest absolute Gasteiger partial charge is 0.378 e. The number of rotatable bonds is 5. The maximum atomic E-state index is 12.5. The zero-order valence-electron chi connectivity index (χ0n) is 14.9. The third-order valence-corrected chi connectivity index (χ3v) is 4.92. The molecule has 3 aromatic rings. The van der Waals surface area contributed by atoms with Crippen LogP contribution in [0.2, 0.25) is 5.02 Å². The Morgan fingerprint density at radius 1 is 1.19 bits per heavy atom. The molecule has 0 atom stereocenters. The number of anilines is 2. The van der Waals surface area contributed by atoms with Crippen LogP contribution in [0.5, 0.6) is 0 Å². The first-order chi connectivity index (χ1) is 13.2. The third kappa shape index (κ3) is 4.07. The number of hydrogen-bond donors (Lipinski definition) is 2. The fraction of sp³-hybridized carbons (Fsp3) is 0.300. The highest BCUT2D eigenvalue weighted by atomic mass is 35.5. The van der Waals surface area contributed by atoms with Gasteiger partial charge < -0.3 is 19.9 Å². The van der Waals surface area contributed by atoms with Gasteiger partial charge in [-0.15, -0.1) is 0 Å². The van der Waals surface area contributed by atoms with Gasteiger partial charge in [-0.1, -0.05) is 29.8 Å².